The number of aryl methyl sites for hydroxylation is 2. The van der Waals surface area contributed by atoms with Crippen LogP contribution < -0.4 is 5.32 Å². The molecule has 0 bridgehead atoms. The molecule has 8 heteroatoms. The Labute approximate surface area is 200 Å². The lowest BCUT2D eigenvalue weighted by molar-refractivity contribution is -0.119. The van der Waals surface area contributed by atoms with Gasteiger partial charge < -0.3 is 15.2 Å². The largest absolute Gasteiger partial charge is 0.507 e. The molecule has 3 aromatic rings. The molecule has 4 rings (SSSR count). The zero-order chi connectivity index (χ0) is 23.5. The lowest BCUT2D eigenvalue weighted by Gasteiger charge is -2.13. The van der Waals surface area contributed by atoms with Crippen LogP contribution in [0.2, 0.25) is 5.02 Å². The van der Waals surface area contributed by atoms with Crippen molar-refractivity contribution in [2.75, 3.05) is 11.9 Å². The van der Waals surface area contributed by atoms with Crippen LogP contribution in [-0.2, 0) is 22.4 Å². The third kappa shape index (κ3) is 5.10. The molecule has 6 nitrogen and oxygen atoms in total. The quantitative estimate of drug-likeness (QED) is 0.365. The number of phenols is 1. The van der Waals surface area contributed by atoms with Gasteiger partial charge in [0.2, 0.25) is 0 Å². The molecule has 0 unspecified atom stereocenters. The maximum absolute atomic E-state index is 13.3. The summed E-state index contributed by atoms with van der Waals surface area (Å²) in [6, 6.07) is 11.3. The Balaban J connectivity index is 1.52. The van der Waals surface area contributed by atoms with E-state index in [1.54, 1.807) is 12.1 Å². The molecule has 2 N–H and O–H groups in total. The van der Waals surface area contributed by atoms with Gasteiger partial charge in [0, 0.05) is 15.5 Å². The number of amides is 1. The smallest absolute Gasteiger partial charge is 0.342 e. The summed E-state index contributed by atoms with van der Waals surface area (Å²) in [6.45, 7) is 1.40. The van der Waals surface area contributed by atoms with E-state index in [2.05, 4.69) is 5.32 Å². The number of ether oxygens (including phenoxy) is 1. The summed E-state index contributed by atoms with van der Waals surface area (Å²) in [5.41, 5.74) is 3.05. The third-order valence-corrected chi connectivity index (χ3v) is 6.92. The second kappa shape index (κ2) is 9.77. The van der Waals surface area contributed by atoms with Crippen LogP contribution in [0.3, 0.4) is 0 Å². The van der Waals surface area contributed by atoms with Crippen LogP contribution in [0.15, 0.2) is 42.5 Å². The fourth-order valence-corrected chi connectivity index (χ4v) is 5.26. The highest BCUT2D eigenvalue weighted by Crippen LogP contribution is 2.39. The Bertz CT molecular complexity index is 1230. The molecule has 0 saturated heterocycles. The Hall–Kier alpha value is -3.16. The van der Waals surface area contributed by atoms with E-state index < -0.39 is 18.5 Å². The van der Waals surface area contributed by atoms with Crippen molar-refractivity contribution in [2.24, 2.45) is 0 Å². The number of aromatic hydroxyl groups is 1. The predicted octanol–water partition coefficient (Wildman–Crippen LogP) is 5.32. The summed E-state index contributed by atoms with van der Waals surface area (Å²) < 4.78 is 5.05. The topological polar surface area (TPSA) is 92.7 Å². The van der Waals surface area contributed by atoms with Gasteiger partial charge in [-0.05, 0) is 56.4 Å². The zero-order valence-electron chi connectivity index (χ0n) is 17.9. The average Bonchev–Trinajstić information content (AvgIpc) is 3.15. The molecule has 1 aliphatic rings. The minimum absolute atomic E-state index is 0.0889. The first kappa shape index (κ1) is 23.0. The molecule has 2 aromatic carbocycles. The van der Waals surface area contributed by atoms with Crippen molar-refractivity contribution in [3.05, 3.63) is 80.2 Å². The van der Waals surface area contributed by atoms with Crippen molar-refractivity contribution >= 4 is 45.6 Å². The molecular weight excluding hydrogens is 462 g/mol. The van der Waals surface area contributed by atoms with E-state index in [-0.39, 0.29) is 22.1 Å². The maximum atomic E-state index is 13.3. The second-order valence-corrected chi connectivity index (χ2v) is 9.44. The number of carbonyl (C=O) groups excluding carboxylic acids is 3. The molecule has 33 heavy (non-hydrogen) atoms. The number of thiophene rings is 1. The van der Waals surface area contributed by atoms with Crippen molar-refractivity contribution < 1.29 is 24.2 Å². The number of ketones is 1. The molecule has 0 spiro atoms. The molecule has 1 amide bonds. The van der Waals surface area contributed by atoms with Gasteiger partial charge in [-0.3, -0.25) is 9.59 Å². The number of carbonyl (C=O) groups is 3. The van der Waals surface area contributed by atoms with Gasteiger partial charge in [-0.1, -0.05) is 41.4 Å². The zero-order valence-corrected chi connectivity index (χ0v) is 19.5. The van der Waals surface area contributed by atoms with Gasteiger partial charge in [-0.2, -0.15) is 0 Å². The predicted molar refractivity (Wildman–Crippen MR) is 128 cm³/mol. The van der Waals surface area contributed by atoms with E-state index in [0.29, 0.717) is 16.1 Å². The van der Waals surface area contributed by atoms with Crippen LogP contribution in [0.5, 0.6) is 5.75 Å². The van der Waals surface area contributed by atoms with Crippen LogP contribution in [0, 0.1) is 6.92 Å². The van der Waals surface area contributed by atoms with Gasteiger partial charge in [0.1, 0.15) is 16.3 Å². The number of benzene rings is 2. The number of fused-ring (bicyclic) bond motifs is 1. The number of hydrogen-bond donors (Lipinski definition) is 2. The van der Waals surface area contributed by atoms with Gasteiger partial charge >= 0.3 is 5.97 Å². The summed E-state index contributed by atoms with van der Waals surface area (Å²) >= 11 is 7.18. The second-order valence-electron chi connectivity index (χ2n) is 7.90. The summed E-state index contributed by atoms with van der Waals surface area (Å²) in [7, 11) is 0. The van der Waals surface area contributed by atoms with E-state index >= 15 is 0 Å². The SMILES string of the molecule is Cc1ccc(C(=O)c2c(NC(=O)COC(=O)c3ccc(Cl)cc3O)sc3c2CCCC3)cc1. The molecular formula is C25H22ClNO5S. The Morgan fingerprint density at radius 2 is 1.82 bits per heavy atom. The van der Waals surface area contributed by atoms with E-state index in [0.717, 1.165) is 41.7 Å². The standard InChI is InChI=1S/C25H22ClNO5S/c1-14-6-8-15(9-7-14)23(30)22-18-4-2-3-5-20(18)33-24(22)27-21(29)13-32-25(31)17-11-10-16(26)12-19(17)28/h6-12,28H,2-5,13H2,1H3,(H,27,29). The highest BCUT2D eigenvalue weighted by atomic mass is 35.5. The van der Waals surface area contributed by atoms with Crippen LogP contribution in [0.4, 0.5) is 5.00 Å². The van der Waals surface area contributed by atoms with E-state index in [1.165, 1.54) is 29.5 Å². The Morgan fingerprint density at radius 1 is 1.09 bits per heavy atom. The summed E-state index contributed by atoms with van der Waals surface area (Å²) in [5.74, 6) is -1.87. The number of nitrogens with one attached hydrogen (secondary N) is 1. The fourth-order valence-electron chi connectivity index (χ4n) is 3.79. The molecule has 0 fully saturated rings. The minimum Gasteiger partial charge on any atom is -0.507 e. The van der Waals surface area contributed by atoms with Crippen LogP contribution in [-0.4, -0.2) is 29.4 Å². The highest BCUT2D eigenvalue weighted by molar-refractivity contribution is 7.17. The van der Waals surface area contributed by atoms with Crippen LogP contribution in [0.1, 0.15) is 55.1 Å². The molecule has 0 atom stereocenters. The minimum atomic E-state index is -0.847. The van der Waals surface area contributed by atoms with Crippen LogP contribution >= 0.6 is 22.9 Å². The molecule has 1 aromatic heterocycles. The summed E-state index contributed by atoms with van der Waals surface area (Å²) in [6.07, 6.45) is 3.70. The highest BCUT2D eigenvalue weighted by Gasteiger charge is 2.27. The van der Waals surface area contributed by atoms with Crippen molar-refractivity contribution in [1.29, 1.82) is 0 Å². The first-order valence-electron chi connectivity index (χ1n) is 10.5. The van der Waals surface area contributed by atoms with Crippen molar-refractivity contribution in [3.63, 3.8) is 0 Å². The van der Waals surface area contributed by atoms with Gasteiger partial charge in [-0.15, -0.1) is 11.3 Å². The van der Waals surface area contributed by atoms with Crippen molar-refractivity contribution in [2.45, 2.75) is 32.6 Å². The monoisotopic (exact) mass is 483 g/mol. The molecule has 0 saturated carbocycles. The van der Waals surface area contributed by atoms with E-state index in [1.807, 2.05) is 19.1 Å². The summed E-state index contributed by atoms with van der Waals surface area (Å²) in [4.78, 5) is 39.3. The third-order valence-electron chi connectivity index (χ3n) is 5.48. The average molecular weight is 484 g/mol. The van der Waals surface area contributed by atoms with E-state index in [9.17, 15) is 19.5 Å². The maximum Gasteiger partial charge on any atom is 0.342 e. The van der Waals surface area contributed by atoms with Gasteiger partial charge in [0.05, 0.1) is 5.56 Å². The molecule has 0 aliphatic heterocycles. The van der Waals surface area contributed by atoms with Gasteiger partial charge in [0.25, 0.3) is 5.91 Å². The molecule has 1 heterocycles. The Morgan fingerprint density at radius 3 is 2.55 bits per heavy atom. The number of halogens is 1. The first-order valence-corrected chi connectivity index (χ1v) is 11.7. The molecule has 1 aliphatic carbocycles. The number of hydrogen-bond acceptors (Lipinski definition) is 6. The lowest BCUT2D eigenvalue weighted by atomic mass is 9.91. The van der Waals surface area contributed by atoms with E-state index in [4.69, 9.17) is 16.3 Å². The molecule has 0 radical (unpaired) electrons. The lowest BCUT2D eigenvalue weighted by Crippen LogP contribution is -2.21. The molecule has 170 valence electrons. The number of esters is 1. The first-order chi connectivity index (χ1) is 15.8. The fraction of sp³-hybridized carbons (Fsp3) is 0.240. The van der Waals surface area contributed by atoms with Gasteiger partial charge in [0.15, 0.2) is 12.4 Å². The Kier molecular flexibility index (Phi) is 6.81. The number of anilines is 1. The normalized spacial score (nSPS) is 12.7. The number of phenolic OH excluding ortho intramolecular Hbond substituents is 1. The van der Waals surface area contributed by atoms with Crippen molar-refractivity contribution in [3.8, 4) is 5.75 Å². The summed E-state index contributed by atoms with van der Waals surface area (Å²) in [5, 5.41) is 13.4. The van der Waals surface area contributed by atoms with Gasteiger partial charge in [-0.25, -0.2) is 4.79 Å². The van der Waals surface area contributed by atoms with Crippen LogP contribution in [0.25, 0.3) is 0 Å². The number of rotatable bonds is 6. The van der Waals surface area contributed by atoms with Crippen molar-refractivity contribution in [1.82, 2.24) is 0 Å².